The molecule has 2 aromatic heterocycles. The average Bonchev–Trinajstić information content (AvgIpc) is 1.62. The zero-order valence-electron chi connectivity index (χ0n) is 72.3. The molecule has 5 aromatic rings. The van der Waals surface area contributed by atoms with Gasteiger partial charge in [0.25, 0.3) is 0 Å². The van der Waals surface area contributed by atoms with Crippen LogP contribution in [-0.2, 0) is 112 Å². The van der Waals surface area contributed by atoms with Gasteiger partial charge in [0.2, 0.25) is 82.7 Å². The first-order chi connectivity index (χ1) is 59.5. The quantitative estimate of drug-likeness (QED) is 0.0219. The van der Waals surface area contributed by atoms with Gasteiger partial charge < -0.3 is 116 Å². The van der Waals surface area contributed by atoms with Crippen LogP contribution in [0.5, 0.6) is 5.75 Å². The van der Waals surface area contributed by atoms with Crippen LogP contribution in [0.4, 0.5) is 0 Å². The smallest absolute Gasteiger partial charge is 0.326 e. The van der Waals surface area contributed by atoms with Crippen molar-refractivity contribution in [2.75, 3.05) is 6.54 Å². The van der Waals surface area contributed by atoms with Crippen molar-refractivity contribution in [3.8, 4) is 5.75 Å². The molecule has 41 nitrogen and oxygen atoms in total. The van der Waals surface area contributed by atoms with Gasteiger partial charge in [0.15, 0.2) is 0 Å². The van der Waals surface area contributed by atoms with E-state index in [2.05, 4.69) is 89.4 Å². The molecular weight excluding hydrogens is 1640 g/mol. The fourth-order valence-corrected chi connectivity index (χ4v) is 13.3. The molecule has 0 aliphatic carbocycles. The zero-order chi connectivity index (χ0) is 93.8. The Bertz CT molecular complexity index is 4570. The number of aliphatic carboxylic acids is 4. The van der Waals surface area contributed by atoms with E-state index in [-0.39, 0.29) is 69.4 Å². The highest BCUT2D eigenvalue weighted by molar-refractivity contribution is 6.01. The molecule has 0 radical (unpaired) electrons. The summed E-state index contributed by atoms with van der Waals surface area (Å²) in [5, 5.41) is 85.6. The summed E-state index contributed by atoms with van der Waals surface area (Å²) in [6.45, 7) is 16.8. The van der Waals surface area contributed by atoms with E-state index in [1.807, 2.05) is 0 Å². The molecule has 2 heterocycles. The Hall–Kier alpha value is -13.4. The Labute approximate surface area is 727 Å². The third-order valence-electron chi connectivity index (χ3n) is 20.9. The topological polar surface area (TPSA) is 647 Å². The minimum Gasteiger partial charge on any atom is -0.508 e. The summed E-state index contributed by atoms with van der Waals surface area (Å²) >= 11 is 0. The summed E-state index contributed by atoms with van der Waals surface area (Å²) in [5.41, 5.74) is 8.06. The fraction of sp³-hybridized carbons (Fsp3) is 0.518. The Morgan fingerprint density at radius 1 is 0.405 bits per heavy atom. The number of hydrogen-bond acceptors (Lipinski definition) is 21. The maximum absolute atomic E-state index is 14.9. The van der Waals surface area contributed by atoms with Gasteiger partial charge in [0.05, 0.1) is 24.9 Å². The molecule has 688 valence electrons. The molecule has 23 N–H and O–H groups in total. The predicted molar refractivity (Wildman–Crippen MR) is 455 cm³/mol. The van der Waals surface area contributed by atoms with Gasteiger partial charge in [-0.25, -0.2) is 9.78 Å². The van der Waals surface area contributed by atoms with E-state index >= 15 is 0 Å². The number of carboxylic acid groups (broad SMARTS) is 4. The Morgan fingerprint density at radius 3 is 1.35 bits per heavy atom. The first-order valence-electron chi connectivity index (χ1n) is 41.7. The second-order valence-electron chi connectivity index (χ2n) is 31.9. The monoisotopic (exact) mass is 1760 g/mol. The zero-order valence-corrected chi connectivity index (χ0v) is 72.3. The highest BCUT2D eigenvalue weighted by Crippen LogP contribution is 2.22. The number of phenolic OH excluding ortho intramolecular Hbond substituents is 1. The van der Waals surface area contributed by atoms with Gasteiger partial charge in [-0.05, 0) is 111 Å². The molecule has 5 rings (SSSR count). The first kappa shape index (κ1) is 103. The lowest BCUT2D eigenvalue weighted by atomic mass is 9.94. The molecule has 0 unspecified atom stereocenters. The van der Waals surface area contributed by atoms with Gasteiger partial charge in [0.1, 0.15) is 90.3 Å². The maximum atomic E-state index is 14.9. The molecule has 16 atom stereocenters. The van der Waals surface area contributed by atoms with E-state index in [1.54, 1.807) is 102 Å². The molecule has 0 saturated heterocycles. The number of fused-ring (bicyclic) bond motifs is 1. The number of amides is 14. The number of carbonyl (C=O) groups excluding carboxylic acids is 14. The van der Waals surface area contributed by atoms with Crippen LogP contribution in [0, 0.1) is 23.7 Å². The van der Waals surface area contributed by atoms with Crippen LogP contribution in [0.15, 0.2) is 97.6 Å². The molecular formula is C85H120N18O23. The number of nitrogens with two attached hydrogens (primary N) is 1. The molecule has 0 saturated carbocycles. The second kappa shape index (κ2) is 51.0. The number of carbonyl (C=O) groups is 18. The van der Waals surface area contributed by atoms with Crippen LogP contribution < -0.4 is 80.2 Å². The van der Waals surface area contributed by atoms with Crippen LogP contribution in [0.2, 0.25) is 0 Å². The minimum atomic E-state index is -1.91. The van der Waals surface area contributed by atoms with E-state index in [9.17, 15) is 112 Å². The van der Waals surface area contributed by atoms with Gasteiger partial charge in [-0.15, -0.1) is 0 Å². The number of nitrogens with zero attached hydrogens (tertiary/aromatic N) is 1. The predicted octanol–water partition coefficient (Wildman–Crippen LogP) is -0.464. The fourth-order valence-electron chi connectivity index (χ4n) is 13.3. The summed E-state index contributed by atoms with van der Waals surface area (Å²) < 4.78 is 0. The number of imidazole rings is 1. The van der Waals surface area contributed by atoms with Crippen molar-refractivity contribution < 1.29 is 112 Å². The molecule has 14 amide bonds. The van der Waals surface area contributed by atoms with Crippen LogP contribution >= 0.6 is 0 Å². The highest BCUT2D eigenvalue weighted by Gasteiger charge is 2.41. The van der Waals surface area contributed by atoms with Crippen LogP contribution in [0.3, 0.4) is 0 Å². The maximum Gasteiger partial charge on any atom is 0.326 e. The third kappa shape index (κ3) is 34.0. The SMILES string of the molecule is CC[C@H](C)[C@H](NC(=O)[C@H](CC(=O)O)NC(=O)[C@H](CC(C)C)NC(=O)[C@H](Cc1c[nH]cn1)NC(=O)[C@H](C)NC(=O)[C@H](Cc1ccccc1)NC(=O)[C@H](Cc1ccc(O)cc1)NC(=O)[C@@H](NC(=O)[C@H](C)NC(=O)[C@H](CCC(=O)O)NC(=O)[C@H](CCCCN)NC(=O)[C@H](CC(=O)O)NC(C)=O)C(C)C)C(=O)N[C@H](C(=O)N[C@@H](Cc1c[nH]c2ccccc12)C(=O)O)[C@@H](C)CC. The molecule has 0 fully saturated rings. The van der Waals surface area contributed by atoms with Gasteiger partial charge >= 0.3 is 23.9 Å². The third-order valence-corrected chi connectivity index (χ3v) is 20.9. The first-order valence-corrected chi connectivity index (χ1v) is 41.7. The van der Waals surface area contributed by atoms with Crippen molar-refractivity contribution in [2.45, 2.75) is 251 Å². The number of phenols is 1. The lowest BCUT2D eigenvalue weighted by Crippen LogP contribution is -2.62. The number of benzene rings is 3. The average molecular weight is 1760 g/mol. The van der Waals surface area contributed by atoms with E-state index in [0.29, 0.717) is 29.5 Å². The number of unbranched alkanes of at least 4 members (excludes halogenated alkanes) is 1. The van der Waals surface area contributed by atoms with Crippen molar-refractivity contribution in [1.29, 1.82) is 0 Å². The van der Waals surface area contributed by atoms with E-state index < -0.39 is 241 Å². The van der Waals surface area contributed by atoms with E-state index in [4.69, 9.17) is 5.73 Å². The molecule has 0 aliphatic rings. The number of aromatic nitrogens is 3. The number of carboxylic acids is 4. The normalized spacial score (nSPS) is 15.0. The summed E-state index contributed by atoms with van der Waals surface area (Å²) in [5.74, 6) is -22.3. The number of aromatic amines is 2. The number of nitrogens with one attached hydrogen (secondary N) is 16. The second-order valence-corrected chi connectivity index (χ2v) is 31.9. The molecule has 3 aromatic carbocycles. The van der Waals surface area contributed by atoms with Crippen LogP contribution in [0.1, 0.15) is 163 Å². The summed E-state index contributed by atoms with van der Waals surface area (Å²) in [7, 11) is 0. The Balaban J connectivity index is 1.35. The molecule has 126 heavy (non-hydrogen) atoms. The van der Waals surface area contributed by atoms with Gasteiger partial charge in [0, 0.05) is 62.3 Å². The van der Waals surface area contributed by atoms with Crippen LogP contribution in [-0.4, -0.2) is 238 Å². The lowest BCUT2D eigenvalue weighted by molar-refractivity contribution is -0.143. The van der Waals surface area contributed by atoms with Crippen molar-refractivity contribution in [3.05, 3.63) is 120 Å². The minimum absolute atomic E-state index is 0.117. The molecule has 0 spiro atoms. The van der Waals surface area contributed by atoms with Crippen molar-refractivity contribution >= 4 is 117 Å². The van der Waals surface area contributed by atoms with Gasteiger partial charge in [-0.2, -0.15) is 0 Å². The van der Waals surface area contributed by atoms with Crippen LogP contribution in [0.25, 0.3) is 10.9 Å². The van der Waals surface area contributed by atoms with E-state index in [0.717, 1.165) is 17.8 Å². The molecule has 0 aliphatic heterocycles. The number of rotatable bonds is 54. The number of aromatic hydroxyl groups is 1. The highest BCUT2D eigenvalue weighted by atomic mass is 16.4. The number of para-hydroxylation sites is 1. The number of hydrogen-bond donors (Lipinski definition) is 22. The van der Waals surface area contributed by atoms with Crippen molar-refractivity contribution in [1.82, 2.24) is 89.4 Å². The van der Waals surface area contributed by atoms with Crippen molar-refractivity contribution in [2.24, 2.45) is 29.4 Å². The molecule has 41 heteroatoms. The lowest BCUT2D eigenvalue weighted by Gasteiger charge is -2.31. The van der Waals surface area contributed by atoms with Gasteiger partial charge in [-0.1, -0.05) is 129 Å². The largest absolute Gasteiger partial charge is 0.508 e. The molecule has 0 bridgehead atoms. The van der Waals surface area contributed by atoms with Gasteiger partial charge in [-0.3, -0.25) is 81.5 Å². The van der Waals surface area contributed by atoms with Crippen molar-refractivity contribution in [3.63, 3.8) is 0 Å². The Kier molecular flexibility index (Phi) is 41.8. The summed E-state index contributed by atoms with van der Waals surface area (Å²) in [6.07, 6.45) is 0.965. The Morgan fingerprint density at radius 2 is 0.825 bits per heavy atom. The summed E-state index contributed by atoms with van der Waals surface area (Å²) in [6, 6.07) is -0.990. The van der Waals surface area contributed by atoms with E-state index in [1.165, 1.54) is 64.5 Å². The standard InChI is InChI=1S/C85H120N18O23/c1-12-45(7)70(83(123)100-65(85(125)126)36-52-40-88-56-24-18-17-23-55(52)56)103-84(124)71(46(8)13-2)102-81(121)64(39-68(110)111)98-77(117)59(33-43(3)4)96-79(119)62(37-53-41-87-42-89-53)95-72(112)47(9)91-76(116)60(34-50-21-15-14-16-22-50)97-78(118)61(35-51-26-28-54(105)29-27-51)99-82(122)69(44(5)6)101-73(113)48(10)90-74(114)58(30-31-66(106)107)94-75(115)57(25-19-20-32-86)93-80(120)63(38-67(108)109)92-49(11)104/h14-18,21-24,26-29,40-48,57-65,69-71,88,105H,12-13,19-20,25,30-39,86H2,1-11H3,(H,87,89)(H,90,114)(H,91,116)(H,92,104)(H,93,120)(H,94,115)(H,95,112)(H,96,119)(H,97,118)(H,98,117)(H,99,122)(H,100,123)(H,101,113)(H,102,121)(H,103,124)(H,106,107)(H,108,109)(H,110,111)(H,125,126)/t45-,46-,47-,48-,57-,58-,59-,60-,61-,62-,63-,64-,65-,69-,70-,71-/m0/s1. The summed E-state index contributed by atoms with van der Waals surface area (Å²) in [4.78, 5) is 257. The number of H-pyrrole nitrogens is 2.